The Morgan fingerprint density at radius 1 is 1.33 bits per heavy atom. The predicted octanol–water partition coefficient (Wildman–Crippen LogP) is 4.11. The van der Waals surface area contributed by atoms with Gasteiger partial charge in [0.2, 0.25) is 0 Å². The van der Waals surface area contributed by atoms with Gasteiger partial charge in [0.25, 0.3) is 0 Å². The Bertz CT molecular complexity index is 952. The second kappa shape index (κ2) is 7.92. The fourth-order valence-corrected chi connectivity index (χ4v) is 3.35. The Hall–Kier alpha value is -2.67. The van der Waals surface area contributed by atoms with E-state index in [1.165, 1.54) is 25.3 Å². The molecule has 1 aliphatic rings. The summed E-state index contributed by atoms with van der Waals surface area (Å²) in [6, 6.07) is 7.79. The number of ketones is 1. The quantitative estimate of drug-likeness (QED) is 0.535. The maximum absolute atomic E-state index is 13.9. The normalized spacial score (nSPS) is 14.5. The molecular weight excluding hydrogens is 419 g/mol. The molecule has 0 fully saturated rings. The third-order valence-electron chi connectivity index (χ3n) is 3.97. The highest BCUT2D eigenvalue weighted by atomic mass is 79.9. The van der Waals surface area contributed by atoms with Crippen LogP contribution in [0, 0.1) is 12.7 Å². The Kier molecular flexibility index (Phi) is 5.60. The Balaban J connectivity index is 1.88. The molecule has 0 spiro atoms. The van der Waals surface area contributed by atoms with Gasteiger partial charge in [0, 0.05) is 5.57 Å². The first-order chi connectivity index (χ1) is 12.9. The molecule has 0 aromatic heterocycles. The van der Waals surface area contributed by atoms with Crippen molar-refractivity contribution < 1.29 is 28.2 Å². The first kappa shape index (κ1) is 19.1. The molecule has 0 amide bonds. The number of methoxy groups -OCH3 is 1. The molecule has 27 heavy (non-hydrogen) atoms. The van der Waals surface area contributed by atoms with E-state index >= 15 is 0 Å². The van der Waals surface area contributed by atoms with Gasteiger partial charge in [0.15, 0.2) is 24.0 Å². The Morgan fingerprint density at radius 2 is 2.11 bits per heavy atom. The lowest BCUT2D eigenvalue weighted by atomic mass is 9.97. The molecule has 0 radical (unpaired) electrons. The summed E-state index contributed by atoms with van der Waals surface area (Å²) in [6.07, 6.45) is 1.62. The number of fused-ring (bicyclic) bond motifs is 1. The van der Waals surface area contributed by atoms with Crippen LogP contribution in [0.1, 0.15) is 21.5 Å². The molecule has 1 aliphatic heterocycles. The number of benzene rings is 2. The van der Waals surface area contributed by atoms with Gasteiger partial charge in [0.05, 0.1) is 17.1 Å². The standard InChI is InChI=1S/C20H16BrFO5/c1-11-5-14-19(24)13(9-27-20(14)15(21)6-11)7-12-3-4-16(22)17(8-12)26-10-18(23)25-2/h3-8H,9-10H2,1-2H3/b13-7+. The molecule has 140 valence electrons. The Morgan fingerprint density at radius 3 is 2.85 bits per heavy atom. The summed E-state index contributed by atoms with van der Waals surface area (Å²) in [5.74, 6) is -0.965. The number of esters is 1. The number of hydrogen-bond donors (Lipinski definition) is 0. The number of rotatable bonds is 4. The summed E-state index contributed by atoms with van der Waals surface area (Å²) in [6.45, 7) is 1.58. The van der Waals surface area contributed by atoms with Gasteiger partial charge < -0.3 is 14.2 Å². The van der Waals surface area contributed by atoms with E-state index in [0.717, 1.165) is 10.0 Å². The monoisotopic (exact) mass is 434 g/mol. The Labute approximate surface area is 163 Å². The molecule has 0 saturated heterocycles. The summed E-state index contributed by atoms with van der Waals surface area (Å²) in [5, 5.41) is 0. The second-order valence-corrected chi connectivity index (χ2v) is 6.82. The van der Waals surface area contributed by atoms with Crippen LogP contribution < -0.4 is 9.47 Å². The summed E-state index contributed by atoms with van der Waals surface area (Å²) in [4.78, 5) is 24.0. The molecule has 3 rings (SSSR count). The highest BCUT2D eigenvalue weighted by molar-refractivity contribution is 9.10. The molecule has 7 heteroatoms. The van der Waals surface area contributed by atoms with Gasteiger partial charge in [-0.2, -0.15) is 0 Å². The molecule has 0 N–H and O–H groups in total. The van der Waals surface area contributed by atoms with E-state index in [1.807, 2.05) is 13.0 Å². The maximum Gasteiger partial charge on any atom is 0.343 e. The van der Waals surface area contributed by atoms with Crippen LogP contribution >= 0.6 is 15.9 Å². The molecule has 5 nitrogen and oxygen atoms in total. The van der Waals surface area contributed by atoms with Crippen molar-refractivity contribution >= 4 is 33.8 Å². The van der Waals surface area contributed by atoms with Crippen LogP contribution in [-0.4, -0.2) is 32.1 Å². The van der Waals surface area contributed by atoms with Crippen molar-refractivity contribution in [2.75, 3.05) is 20.3 Å². The van der Waals surface area contributed by atoms with Crippen molar-refractivity contribution in [1.29, 1.82) is 0 Å². The topological polar surface area (TPSA) is 61.8 Å². The summed E-state index contributed by atoms with van der Waals surface area (Å²) >= 11 is 3.41. The average Bonchev–Trinajstić information content (AvgIpc) is 2.64. The van der Waals surface area contributed by atoms with E-state index in [1.54, 1.807) is 12.1 Å². The van der Waals surface area contributed by atoms with Crippen molar-refractivity contribution in [2.24, 2.45) is 0 Å². The first-order valence-electron chi connectivity index (χ1n) is 8.06. The van der Waals surface area contributed by atoms with Gasteiger partial charge in [-0.05, 0) is 64.3 Å². The number of ether oxygens (including phenoxy) is 3. The minimum Gasteiger partial charge on any atom is -0.487 e. The van der Waals surface area contributed by atoms with Crippen molar-refractivity contribution in [3.05, 3.63) is 62.9 Å². The minimum absolute atomic E-state index is 0.0992. The highest BCUT2D eigenvalue weighted by Crippen LogP contribution is 2.36. The third-order valence-corrected chi connectivity index (χ3v) is 4.55. The van der Waals surface area contributed by atoms with Crippen LogP contribution in [-0.2, 0) is 9.53 Å². The molecule has 0 bridgehead atoms. The van der Waals surface area contributed by atoms with Crippen LogP contribution in [0.5, 0.6) is 11.5 Å². The van der Waals surface area contributed by atoms with Crippen LogP contribution in [0.25, 0.3) is 6.08 Å². The van der Waals surface area contributed by atoms with Crippen LogP contribution in [0.4, 0.5) is 4.39 Å². The fourth-order valence-electron chi connectivity index (χ4n) is 2.66. The van der Waals surface area contributed by atoms with E-state index in [2.05, 4.69) is 20.7 Å². The molecule has 2 aromatic rings. The molecule has 0 unspecified atom stereocenters. The van der Waals surface area contributed by atoms with E-state index in [9.17, 15) is 14.0 Å². The van der Waals surface area contributed by atoms with Gasteiger partial charge >= 0.3 is 5.97 Å². The number of carbonyl (C=O) groups is 2. The molecular formula is C20H16BrFO5. The maximum atomic E-state index is 13.9. The van der Waals surface area contributed by atoms with Crippen molar-refractivity contribution in [2.45, 2.75) is 6.92 Å². The van der Waals surface area contributed by atoms with Crippen molar-refractivity contribution in [3.8, 4) is 11.5 Å². The lowest BCUT2D eigenvalue weighted by molar-refractivity contribution is -0.142. The SMILES string of the molecule is COC(=O)COc1cc(/C=C2\COc3c(Br)cc(C)cc3C2=O)ccc1F. The van der Waals surface area contributed by atoms with Crippen LogP contribution in [0.3, 0.4) is 0 Å². The van der Waals surface area contributed by atoms with Crippen molar-refractivity contribution in [3.63, 3.8) is 0 Å². The number of Topliss-reactive ketones (excluding diaryl/α,β-unsaturated/α-hetero) is 1. The summed E-state index contributed by atoms with van der Waals surface area (Å²) in [7, 11) is 1.22. The van der Waals surface area contributed by atoms with Crippen molar-refractivity contribution in [1.82, 2.24) is 0 Å². The largest absolute Gasteiger partial charge is 0.487 e. The highest BCUT2D eigenvalue weighted by Gasteiger charge is 2.25. The van der Waals surface area contributed by atoms with Crippen LogP contribution in [0.2, 0.25) is 0 Å². The molecule has 2 aromatic carbocycles. The van der Waals surface area contributed by atoms with E-state index in [-0.39, 0.29) is 18.1 Å². The predicted molar refractivity (Wildman–Crippen MR) is 101 cm³/mol. The number of halogens is 2. The van der Waals surface area contributed by atoms with E-state index in [4.69, 9.17) is 9.47 Å². The fraction of sp³-hybridized carbons (Fsp3) is 0.200. The number of hydrogen-bond acceptors (Lipinski definition) is 5. The van der Waals surface area contributed by atoms with Gasteiger partial charge in [-0.1, -0.05) is 6.07 Å². The smallest absolute Gasteiger partial charge is 0.343 e. The summed E-state index contributed by atoms with van der Waals surface area (Å²) in [5.41, 5.74) is 2.40. The zero-order valence-electron chi connectivity index (χ0n) is 14.7. The van der Waals surface area contributed by atoms with Gasteiger partial charge in [0.1, 0.15) is 12.4 Å². The van der Waals surface area contributed by atoms with Crippen LogP contribution in [0.15, 0.2) is 40.4 Å². The van der Waals surface area contributed by atoms with Gasteiger partial charge in [-0.15, -0.1) is 0 Å². The van der Waals surface area contributed by atoms with Gasteiger partial charge in [-0.25, -0.2) is 9.18 Å². The zero-order valence-corrected chi connectivity index (χ0v) is 16.3. The van der Waals surface area contributed by atoms with E-state index in [0.29, 0.717) is 22.4 Å². The first-order valence-corrected chi connectivity index (χ1v) is 8.85. The molecule has 0 atom stereocenters. The lowest BCUT2D eigenvalue weighted by Gasteiger charge is -2.20. The average molecular weight is 435 g/mol. The lowest BCUT2D eigenvalue weighted by Crippen LogP contribution is -2.19. The van der Waals surface area contributed by atoms with E-state index < -0.39 is 18.4 Å². The zero-order chi connectivity index (χ0) is 19.6. The molecule has 0 aliphatic carbocycles. The molecule has 0 saturated carbocycles. The molecule has 1 heterocycles. The number of aryl methyl sites for hydroxylation is 1. The minimum atomic E-state index is -0.619. The third kappa shape index (κ3) is 4.19. The van der Waals surface area contributed by atoms with Gasteiger partial charge in [-0.3, -0.25) is 4.79 Å². The second-order valence-electron chi connectivity index (χ2n) is 5.97. The summed E-state index contributed by atoms with van der Waals surface area (Å²) < 4.78 is 29.9. The number of carbonyl (C=O) groups excluding carboxylic acids is 2.